The van der Waals surface area contributed by atoms with E-state index in [9.17, 15) is 4.79 Å². The molecule has 7 nitrogen and oxygen atoms in total. The number of hydrogen-bond acceptors (Lipinski definition) is 6. The molecule has 130 valence electrons. The molecule has 4 N–H and O–H groups in total. The molecule has 1 saturated heterocycles. The van der Waals surface area contributed by atoms with Crippen molar-refractivity contribution in [2.24, 2.45) is 5.92 Å². The average molecular weight is 331 g/mol. The van der Waals surface area contributed by atoms with Crippen LogP contribution in [-0.4, -0.2) is 33.6 Å². The molecule has 1 aliphatic heterocycles. The summed E-state index contributed by atoms with van der Waals surface area (Å²) in [4.78, 5) is 23.3. The van der Waals surface area contributed by atoms with Crippen LogP contribution >= 0.6 is 0 Å². The zero-order valence-corrected chi connectivity index (χ0v) is 14.2. The highest BCUT2D eigenvalue weighted by molar-refractivity contribution is 5.87. The number of anilines is 1. The number of nitrogens with zero attached hydrogens (tertiary/aromatic N) is 2. The zero-order chi connectivity index (χ0) is 17.1. The normalized spacial score (nSPS) is 21.9. The standard InChI is InChI=1S/C17H25N5O2/c1-3-10(2)6-14(23)24-8-11-4-5-13(22-11)12-7-19-16-15(12)20-9-21-17(16)18/h7,9-11,13,19,22H,3-6,8H2,1-2H3,(H2,18,20,21). The van der Waals surface area contributed by atoms with E-state index in [-0.39, 0.29) is 18.1 Å². The topological polar surface area (TPSA) is 106 Å². The molecule has 0 saturated carbocycles. The number of esters is 1. The summed E-state index contributed by atoms with van der Waals surface area (Å²) in [6, 6.07) is 0.367. The molecule has 7 heteroatoms. The van der Waals surface area contributed by atoms with E-state index in [0.717, 1.165) is 35.9 Å². The fourth-order valence-electron chi connectivity index (χ4n) is 3.12. The van der Waals surface area contributed by atoms with Crippen molar-refractivity contribution in [2.45, 2.75) is 51.6 Å². The number of nitrogens with two attached hydrogens (primary N) is 1. The molecule has 0 radical (unpaired) electrons. The molecule has 1 fully saturated rings. The molecular formula is C17H25N5O2. The molecule has 2 aromatic rings. The van der Waals surface area contributed by atoms with Gasteiger partial charge in [0.1, 0.15) is 18.5 Å². The fraction of sp³-hybridized carbons (Fsp3) is 0.588. The van der Waals surface area contributed by atoms with Crippen molar-refractivity contribution in [3.63, 3.8) is 0 Å². The number of rotatable bonds is 6. The smallest absolute Gasteiger partial charge is 0.306 e. The number of aromatic nitrogens is 3. The fourth-order valence-corrected chi connectivity index (χ4v) is 3.12. The highest BCUT2D eigenvalue weighted by atomic mass is 16.5. The molecular weight excluding hydrogens is 306 g/mol. The predicted molar refractivity (Wildman–Crippen MR) is 92.2 cm³/mol. The monoisotopic (exact) mass is 331 g/mol. The summed E-state index contributed by atoms with van der Waals surface area (Å²) in [5.74, 6) is 0.722. The number of nitrogens with one attached hydrogen (secondary N) is 2. The number of carbonyl (C=O) groups is 1. The van der Waals surface area contributed by atoms with E-state index in [1.54, 1.807) is 0 Å². The highest BCUT2D eigenvalue weighted by Crippen LogP contribution is 2.31. The first kappa shape index (κ1) is 16.7. The molecule has 0 bridgehead atoms. The van der Waals surface area contributed by atoms with Gasteiger partial charge in [-0.2, -0.15) is 0 Å². The van der Waals surface area contributed by atoms with Gasteiger partial charge in [-0.1, -0.05) is 20.3 Å². The average Bonchev–Trinajstić information content (AvgIpc) is 3.19. The van der Waals surface area contributed by atoms with E-state index >= 15 is 0 Å². The Morgan fingerprint density at radius 2 is 2.29 bits per heavy atom. The number of H-pyrrole nitrogens is 1. The Bertz CT molecular complexity index is 714. The Labute approximate surface area is 141 Å². The summed E-state index contributed by atoms with van der Waals surface area (Å²) in [5.41, 5.74) is 8.59. The van der Waals surface area contributed by atoms with Crippen LogP contribution in [-0.2, 0) is 9.53 Å². The third kappa shape index (κ3) is 3.51. The Morgan fingerprint density at radius 3 is 3.08 bits per heavy atom. The Hall–Kier alpha value is -2.15. The van der Waals surface area contributed by atoms with Gasteiger partial charge < -0.3 is 20.8 Å². The van der Waals surface area contributed by atoms with Gasteiger partial charge in [0.05, 0.1) is 5.52 Å². The van der Waals surface area contributed by atoms with E-state index in [0.29, 0.717) is 24.8 Å². The molecule has 3 heterocycles. The van der Waals surface area contributed by atoms with Gasteiger partial charge in [0.15, 0.2) is 5.82 Å². The number of ether oxygens (including phenoxy) is 1. The lowest BCUT2D eigenvalue weighted by Gasteiger charge is -2.15. The van der Waals surface area contributed by atoms with Crippen LogP contribution in [0.3, 0.4) is 0 Å². The van der Waals surface area contributed by atoms with Crippen molar-refractivity contribution < 1.29 is 9.53 Å². The van der Waals surface area contributed by atoms with Crippen LogP contribution < -0.4 is 11.1 Å². The van der Waals surface area contributed by atoms with Crippen LogP contribution in [0.5, 0.6) is 0 Å². The first-order valence-corrected chi connectivity index (χ1v) is 8.57. The van der Waals surface area contributed by atoms with Crippen LogP contribution in [0.4, 0.5) is 5.82 Å². The van der Waals surface area contributed by atoms with Crippen molar-refractivity contribution in [3.05, 3.63) is 18.1 Å². The minimum absolute atomic E-state index is 0.109. The highest BCUT2D eigenvalue weighted by Gasteiger charge is 2.28. The van der Waals surface area contributed by atoms with Gasteiger partial charge in [0.2, 0.25) is 0 Å². The lowest BCUT2D eigenvalue weighted by molar-refractivity contribution is -0.145. The van der Waals surface area contributed by atoms with Crippen LogP contribution in [0.2, 0.25) is 0 Å². The van der Waals surface area contributed by atoms with Gasteiger partial charge in [-0.05, 0) is 18.8 Å². The van der Waals surface area contributed by atoms with Crippen molar-refractivity contribution in [2.75, 3.05) is 12.3 Å². The molecule has 24 heavy (non-hydrogen) atoms. The van der Waals surface area contributed by atoms with Gasteiger partial charge >= 0.3 is 5.97 Å². The van der Waals surface area contributed by atoms with E-state index < -0.39 is 0 Å². The maximum atomic E-state index is 11.8. The third-order valence-corrected chi connectivity index (χ3v) is 4.80. The number of aromatic amines is 1. The summed E-state index contributed by atoms with van der Waals surface area (Å²) in [6.07, 6.45) is 6.84. The second kappa shape index (κ2) is 7.17. The first-order valence-electron chi connectivity index (χ1n) is 8.57. The van der Waals surface area contributed by atoms with E-state index in [1.807, 2.05) is 6.20 Å². The van der Waals surface area contributed by atoms with Crippen LogP contribution in [0.25, 0.3) is 11.0 Å². The second-order valence-corrected chi connectivity index (χ2v) is 6.62. The van der Waals surface area contributed by atoms with Gasteiger partial charge in [-0.15, -0.1) is 0 Å². The second-order valence-electron chi connectivity index (χ2n) is 6.62. The van der Waals surface area contributed by atoms with Gasteiger partial charge in [0.25, 0.3) is 0 Å². The Balaban J connectivity index is 1.57. The molecule has 3 atom stereocenters. The van der Waals surface area contributed by atoms with E-state index in [2.05, 4.69) is 34.1 Å². The van der Waals surface area contributed by atoms with E-state index in [4.69, 9.17) is 10.5 Å². The predicted octanol–water partition coefficient (Wildman–Crippen LogP) is 2.31. The summed E-state index contributed by atoms with van der Waals surface area (Å²) < 4.78 is 5.42. The molecule has 0 aliphatic carbocycles. The number of nitrogen functional groups attached to an aromatic ring is 1. The van der Waals surface area contributed by atoms with Gasteiger partial charge in [-0.25, -0.2) is 9.97 Å². The van der Waals surface area contributed by atoms with E-state index in [1.165, 1.54) is 6.33 Å². The van der Waals surface area contributed by atoms with Crippen LogP contribution in [0.15, 0.2) is 12.5 Å². The maximum absolute atomic E-state index is 11.8. The number of hydrogen-bond donors (Lipinski definition) is 3. The lowest BCUT2D eigenvalue weighted by Crippen LogP contribution is -2.30. The molecule has 0 amide bonds. The summed E-state index contributed by atoms with van der Waals surface area (Å²) in [7, 11) is 0. The Morgan fingerprint density at radius 1 is 1.46 bits per heavy atom. The largest absolute Gasteiger partial charge is 0.464 e. The summed E-state index contributed by atoms with van der Waals surface area (Å²) in [6.45, 7) is 4.57. The van der Waals surface area contributed by atoms with Crippen LogP contribution in [0, 0.1) is 5.92 Å². The third-order valence-electron chi connectivity index (χ3n) is 4.80. The van der Waals surface area contributed by atoms with Gasteiger partial charge in [-0.3, -0.25) is 4.79 Å². The minimum atomic E-state index is -0.109. The molecule has 0 spiro atoms. The summed E-state index contributed by atoms with van der Waals surface area (Å²) in [5, 5.41) is 3.53. The van der Waals surface area contributed by atoms with Crippen LogP contribution in [0.1, 0.15) is 51.1 Å². The van der Waals surface area contributed by atoms with Gasteiger partial charge in [0, 0.05) is 30.3 Å². The SMILES string of the molecule is CCC(C)CC(=O)OCC1CCC(c2c[nH]c3c(N)ncnc23)N1. The molecule has 3 rings (SSSR count). The molecule has 0 aromatic carbocycles. The van der Waals surface area contributed by atoms with Crippen molar-refractivity contribution in [3.8, 4) is 0 Å². The lowest BCUT2D eigenvalue weighted by atomic mass is 10.1. The maximum Gasteiger partial charge on any atom is 0.306 e. The summed E-state index contributed by atoms with van der Waals surface area (Å²) >= 11 is 0. The van der Waals surface area contributed by atoms with Crippen molar-refractivity contribution in [1.82, 2.24) is 20.3 Å². The zero-order valence-electron chi connectivity index (χ0n) is 14.2. The molecule has 2 aromatic heterocycles. The minimum Gasteiger partial charge on any atom is -0.464 e. The number of carbonyl (C=O) groups excluding carboxylic acids is 1. The molecule has 3 unspecified atom stereocenters. The first-order chi connectivity index (χ1) is 11.6. The van der Waals surface area contributed by atoms with Crippen molar-refractivity contribution in [1.29, 1.82) is 0 Å². The number of fused-ring (bicyclic) bond motifs is 1. The van der Waals surface area contributed by atoms with Crippen molar-refractivity contribution >= 4 is 22.8 Å². The Kier molecular flexibility index (Phi) is 4.99. The quantitative estimate of drug-likeness (QED) is 0.701. The molecule has 1 aliphatic rings.